The molecule has 0 bridgehead atoms. The molecule has 118 valence electrons. The van der Waals surface area contributed by atoms with Gasteiger partial charge in [0.05, 0.1) is 0 Å². The van der Waals surface area contributed by atoms with Crippen LogP contribution in [0.15, 0.2) is 18.2 Å². The second kappa shape index (κ2) is 6.89. The Morgan fingerprint density at radius 2 is 2.14 bits per heavy atom. The van der Waals surface area contributed by atoms with Gasteiger partial charge in [0, 0.05) is 31.2 Å². The maximum atomic E-state index is 13.5. The zero-order chi connectivity index (χ0) is 15.5. The van der Waals surface area contributed by atoms with Crippen molar-refractivity contribution >= 4 is 0 Å². The first kappa shape index (κ1) is 16.4. The number of hydrogen-bond acceptors (Lipinski definition) is 2. The Morgan fingerprint density at radius 1 is 1.38 bits per heavy atom. The van der Waals surface area contributed by atoms with E-state index in [1.54, 1.807) is 12.1 Å². The average Bonchev–Trinajstić information content (AvgIpc) is 2.47. The molecule has 1 aliphatic heterocycles. The zero-order valence-corrected chi connectivity index (χ0v) is 13.9. The molecule has 1 heterocycles. The summed E-state index contributed by atoms with van der Waals surface area (Å²) in [4.78, 5) is 2.55. The van der Waals surface area contributed by atoms with Crippen LogP contribution in [-0.2, 0) is 6.54 Å². The molecule has 1 fully saturated rings. The van der Waals surface area contributed by atoms with Crippen molar-refractivity contribution in [1.29, 1.82) is 0 Å². The van der Waals surface area contributed by atoms with Gasteiger partial charge in [0.25, 0.3) is 0 Å². The highest BCUT2D eigenvalue weighted by Gasteiger charge is 2.36. The number of nitrogens with zero attached hydrogens (tertiary/aromatic N) is 1. The van der Waals surface area contributed by atoms with Crippen LogP contribution in [0.1, 0.15) is 51.2 Å². The van der Waals surface area contributed by atoms with Crippen molar-refractivity contribution in [2.45, 2.75) is 65.1 Å². The van der Waals surface area contributed by atoms with E-state index in [9.17, 15) is 4.39 Å². The number of aryl methyl sites for hydroxylation is 1. The van der Waals surface area contributed by atoms with Gasteiger partial charge in [-0.05, 0) is 49.9 Å². The van der Waals surface area contributed by atoms with E-state index in [2.05, 4.69) is 37.9 Å². The Hall–Kier alpha value is -0.930. The summed E-state index contributed by atoms with van der Waals surface area (Å²) in [6.45, 7) is 11.8. The van der Waals surface area contributed by atoms with E-state index in [0.717, 1.165) is 31.6 Å². The lowest BCUT2D eigenvalue weighted by molar-refractivity contribution is 0.0394. The van der Waals surface area contributed by atoms with E-state index >= 15 is 0 Å². The van der Waals surface area contributed by atoms with Gasteiger partial charge in [0.15, 0.2) is 0 Å². The fraction of sp³-hybridized carbons (Fsp3) is 0.667. The van der Waals surface area contributed by atoms with Gasteiger partial charge in [-0.2, -0.15) is 0 Å². The molecule has 1 aliphatic rings. The SMILES string of the molecule is CCCC1CN(Cc2cc(F)ccc2C)C(C)(CC)CN1. The second-order valence-corrected chi connectivity index (χ2v) is 6.67. The van der Waals surface area contributed by atoms with Crippen LogP contribution in [0.5, 0.6) is 0 Å². The van der Waals surface area contributed by atoms with Gasteiger partial charge in [0.1, 0.15) is 5.82 Å². The number of benzene rings is 1. The minimum atomic E-state index is -0.131. The highest BCUT2D eigenvalue weighted by molar-refractivity contribution is 5.26. The minimum absolute atomic E-state index is 0.131. The maximum Gasteiger partial charge on any atom is 0.123 e. The molecule has 21 heavy (non-hydrogen) atoms. The molecule has 0 saturated carbocycles. The highest BCUT2D eigenvalue weighted by Crippen LogP contribution is 2.27. The standard InChI is InChI=1S/C18H29FN2/c1-5-7-17-12-21(18(4,6-2)13-20-17)11-15-10-16(19)9-8-14(15)3/h8-10,17,20H,5-7,11-13H2,1-4H3. The van der Waals surface area contributed by atoms with Crippen LogP contribution in [0.4, 0.5) is 4.39 Å². The fourth-order valence-electron chi connectivity index (χ4n) is 3.19. The lowest BCUT2D eigenvalue weighted by Gasteiger charge is -2.48. The van der Waals surface area contributed by atoms with Gasteiger partial charge in [-0.25, -0.2) is 4.39 Å². The van der Waals surface area contributed by atoms with Crippen molar-refractivity contribution in [3.05, 3.63) is 35.1 Å². The molecule has 0 aromatic heterocycles. The van der Waals surface area contributed by atoms with Crippen molar-refractivity contribution < 1.29 is 4.39 Å². The number of nitrogens with one attached hydrogen (secondary N) is 1. The topological polar surface area (TPSA) is 15.3 Å². The predicted molar refractivity (Wildman–Crippen MR) is 86.9 cm³/mol. The molecule has 1 aromatic rings. The molecule has 2 nitrogen and oxygen atoms in total. The largest absolute Gasteiger partial charge is 0.311 e. The van der Waals surface area contributed by atoms with Crippen LogP contribution in [0.25, 0.3) is 0 Å². The van der Waals surface area contributed by atoms with Gasteiger partial charge < -0.3 is 5.32 Å². The van der Waals surface area contributed by atoms with Gasteiger partial charge in [-0.3, -0.25) is 4.90 Å². The lowest BCUT2D eigenvalue weighted by Crippen LogP contribution is -2.62. The van der Waals surface area contributed by atoms with Gasteiger partial charge in [-0.1, -0.05) is 26.3 Å². The summed E-state index contributed by atoms with van der Waals surface area (Å²) in [6, 6.07) is 5.70. The van der Waals surface area contributed by atoms with Crippen molar-refractivity contribution in [2.75, 3.05) is 13.1 Å². The Balaban J connectivity index is 2.18. The third kappa shape index (κ3) is 3.83. The second-order valence-electron chi connectivity index (χ2n) is 6.67. The fourth-order valence-corrected chi connectivity index (χ4v) is 3.19. The summed E-state index contributed by atoms with van der Waals surface area (Å²) in [7, 11) is 0. The molecule has 1 saturated heterocycles. The zero-order valence-electron chi connectivity index (χ0n) is 13.9. The van der Waals surface area contributed by atoms with Gasteiger partial charge in [0.2, 0.25) is 0 Å². The monoisotopic (exact) mass is 292 g/mol. The first-order valence-electron chi connectivity index (χ1n) is 8.22. The van der Waals surface area contributed by atoms with E-state index in [-0.39, 0.29) is 11.4 Å². The molecule has 1 aromatic carbocycles. The van der Waals surface area contributed by atoms with Crippen molar-refractivity contribution in [3.8, 4) is 0 Å². The molecular formula is C18H29FN2. The van der Waals surface area contributed by atoms with Crippen molar-refractivity contribution in [1.82, 2.24) is 10.2 Å². The van der Waals surface area contributed by atoms with Crippen molar-refractivity contribution in [2.24, 2.45) is 0 Å². The van der Waals surface area contributed by atoms with Crippen LogP contribution in [0, 0.1) is 12.7 Å². The minimum Gasteiger partial charge on any atom is -0.311 e. The number of piperazine rings is 1. The first-order valence-corrected chi connectivity index (χ1v) is 8.22. The lowest BCUT2D eigenvalue weighted by atomic mass is 9.90. The average molecular weight is 292 g/mol. The number of hydrogen-bond donors (Lipinski definition) is 1. The van der Waals surface area contributed by atoms with Crippen LogP contribution < -0.4 is 5.32 Å². The summed E-state index contributed by atoms with van der Waals surface area (Å²) < 4.78 is 13.5. The number of rotatable bonds is 5. The van der Waals surface area contributed by atoms with Crippen LogP contribution in [0.2, 0.25) is 0 Å². The molecule has 0 radical (unpaired) electrons. The van der Waals surface area contributed by atoms with E-state index in [4.69, 9.17) is 0 Å². The van der Waals surface area contributed by atoms with Gasteiger partial charge in [-0.15, -0.1) is 0 Å². The molecule has 0 amide bonds. The Morgan fingerprint density at radius 3 is 2.81 bits per heavy atom. The summed E-state index contributed by atoms with van der Waals surface area (Å²) in [6.07, 6.45) is 3.51. The maximum absolute atomic E-state index is 13.5. The molecular weight excluding hydrogens is 263 g/mol. The smallest absolute Gasteiger partial charge is 0.123 e. The third-order valence-corrected chi connectivity index (χ3v) is 5.05. The van der Waals surface area contributed by atoms with Gasteiger partial charge >= 0.3 is 0 Å². The van der Waals surface area contributed by atoms with Crippen LogP contribution in [-0.4, -0.2) is 29.6 Å². The summed E-state index contributed by atoms with van der Waals surface area (Å²) in [5.74, 6) is -0.131. The highest BCUT2D eigenvalue weighted by atomic mass is 19.1. The first-order chi connectivity index (χ1) is 9.98. The van der Waals surface area contributed by atoms with E-state index < -0.39 is 0 Å². The number of halogens is 1. The molecule has 1 N–H and O–H groups in total. The van der Waals surface area contributed by atoms with Crippen molar-refractivity contribution in [3.63, 3.8) is 0 Å². The predicted octanol–water partition coefficient (Wildman–Crippen LogP) is 3.88. The summed E-state index contributed by atoms with van der Waals surface area (Å²) >= 11 is 0. The van der Waals surface area contributed by atoms with Crippen LogP contribution >= 0.6 is 0 Å². The Kier molecular flexibility index (Phi) is 5.39. The molecule has 0 spiro atoms. The normalized spacial score (nSPS) is 27.0. The summed E-state index contributed by atoms with van der Waals surface area (Å²) in [5.41, 5.74) is 2.45. The summed E-state index contributed by atoms with van der Waals surface area (Å²) in [5, 5.41) is 3.69. The molecule has 0 aliphatic carbocycles. The molecule has 2 unspecified atom stereocenters. The molecule has 2 atom stereocenters. The Bertz CT molecular complexity index is 474. The Labute approximate surface area is 128 Å². The third-order valence-electron chi connectivity index (χ3n) is 5.05. The van der Waals surface area contributed by atoms with E-state index in [0.29, 0.717) is 6.04 Å². The molecule has 2 rings (SSSR count). The van der Waals surface area contributed by atoms with E-state index in [1.165, 1.54) is 18.4 Å². The quantitative estimate of drug-likeness (QED) is 0.886. The van der Waals surface area contributed by atoms with Crippen LogP contribution in [0.3, 0.4) is 0 Å². The van der Waals surface area contributed by atoms with E-state index in [1.807, 2.05) is 6.07 Å². The molecule has 3 heteroatoms.